The van der Waals surface area contributed by atoms with Crippen LogP contribution < -0.4 is 10.2 Å². The van der Waals surface area contributed by atoms with E-state index in [9.17, 15) is 14.4 Å². The molecule has 5 heteroatoms. The van der Waals surface area contributed by atoms with Crippen molar-refractivity contribution in [2.75, 3.05) is 18.0 Å². The SMILES string of the molecule is CC(C)(C)c1ccc(C(=O)NCCC(=O)c2ccc3c(c2)CCN3C=O)cc1. The van der Waals surface area contributed by atoms with Crippen molar-refractivity contribution in [2.45, 2.75) is 39.0 Å². The maximum absolute atomic E-state index is 12.4. The van der Waals surface area contributed by atoms with Crippen molar-refractivity contribution in [3.8, 4) is 0 Å². The van der Waals surface area contributed by atoms with Gasteiger partial charge >= 0.3 is 0 Å². The molecular weight excluding hydrogens is 352 g/mol. The van der Waals surface area contributed by atoms with E-state index in [1.54, 1.807) is 11.0 Å². The molecule has 0 unspecified atom stereocenters. The number of nitrogens with zero attached hydrogens (tertiary/aromatic N) is 1. The summed E-state index contributed by atoms with van der Waals surface area (Å²) in [5.41, 5.74) is 4.31. The zero-order valence-electron chi connectivity index (χ0n) is 16.6. The maximum atomic E-state index is 12.4. The molecule has 2 amide bonds. The highest BCUT2D eigenvalue weighted by molar-refractivity contribution is 5.98. The summed E-state index contributed by atoms with van der Waals surface area (Å²) < 4.78 is 0. The van der Waals surface area contributed by atoms with Gasteiger partial charge in [-0.3, -0.25) is 14.4 Å². The molecule has 0 radical (unpaired) electrons. The summed E-state index contributed by atoms with van der Waals surface area (Å²) in [6, 6.07) is 13.0. The van der Waals surface area contributed by atoms with Gasteiger partial charge in [-0.2, -0.15) is 0 Å². The van der Waals surface area contributed by atoms with Gasteiger partial charge < -0.3 is 10.2 Å². The van der Waals surface area contributed by atoms with Crippen LogP contribution in [0.1, 0.15) is 59.0 Å². The first-order chi connectivity index (χ1) is 13.3. The molecule has 0 spiro atoms. The van der Waals surface area contributed by atoms with Crippen LogP contribution in [-0.4, -0.2) is 31.2 Å². The number of nitrogens with one attached hydrogen (secondary N) is 1. The summed E-state index contributed by atoms with van der Waals surface area (Å²) in [4.78, 5) is 37.4. The second-order valence-corrected chi connectivity index (χ2v) is 8.15. The number of hydrogen-bond acceptors (Lipinski definition) is 3. The van der Waals surface area contributed by atoms with Gasteiger partial charge in [0.2, 0.25) is 6.41 Å². The largest absolute Gasteiger partial charge is 0.352 e. The fraction of sp³-hybridized carbons (Fsp3) is 0.348. The minimum Gasteiger partial charge on any atom is -0.352 e. The molecule has 0 aromatic heterocycles. The highest BCUT2D eigenvalue weighted by Crippen LogP contribution is 2.28. The van der Waals surface area contributed by atoms with Crippen LogP contribution in [0.4, 0.5) is 5.69 Å². The lowest BCUT2D eigenvalue weighted by molar-refractivity contribution is -0.107. The van der Waals surface area contributed by atoms with Gasteiger partial charge in [0, 0.05) is 36.3 Å². The van der Waals surface area contributed by atoms with E-state index in [-0.39, 0.29) is 30.1 Å². The normalized spacial score (nSPS) is 13.2. The highest BCUT2D eigenvalue weighted by atomic mass is 16.2. The number of ketones is 1. The summed E-state index contributed by atoms with van der Waals surface area (Å²) in [7, 11) is 0. The van der Waals surface area contributed by atoms with Crippen molar-refractivity contribution in [1.82, 2.24) is 5.32 Å². The number of anilines is 1. The molecule has 0 saturated carbocycles. The molecule has 146 valence electrons. The van der Waals surface area contributed by atoms with Gasteiger partial charge in [-0.1, -0.05) is 32.9 Å². The third-order valence-corrected chi connectivity index (χ3v) is 5.11. The smallest absolute Gasteiger partial charge is 0.251 e. The standard InChI is InChI=1S/C23H26N2O3/c1-23(2,3)19-7-4-16(5-8-19)22(28)24-12-10-21(27)18-6-9-20-17(14-18)11-13-25(20)15-26/h4-9,14-15H,10-13H2,1-3H3,(H,24,28). The first kappa shape index (κ1) is 19.8. The highest BCUT2D eigenvalue weighted by Gasteiger charge is 2.20. The fourth-order valence-electron chi connectivity index (χ4n) is 3.37. The zero-order chi connectivity index (χ0) is 20.3. The maximum Gasteiger partial charge on any atom is 0.251 e. The van der Waals surface area contributed by atoms with E-state index in [4.69, 9.17) is 0 Å². The number of hydrogen-bond donors (Lipinski definition) is 1. The Morgan fingerprint density at radius 2 is 1.75 bits per heavy atom. The second-order valence-electron chi connectivity index (χ2n) is 8.15. The average Bonchev–Trinajstić information content (AvgIpc) is 3.09. The van der Waals surface area contributed by atoms with Crippen molar-refractivity contribution in [2.24, 2.45) is 0 Å². The predicted molar refractivity (Wildman–Crippen MR) is 110 cm³/mol. The van der Waals surface area contributed by atoms with Crippen LogP contribution in [-0.2, 0) is 16.6 Å². The molecule has 2 aromatic carbocycles. The zero-order valence-corrected chi connectivity index (χ0v) is 16.6. The van der Waals surface area contributed by atoms with Crippen molar-refractivity contribution in [3.05, 3.63) is 64.7 Å². The number of fused-ring (bicyclic) bond motifs is 1. The minimum atomic E-state index is -0.177. The molecular formula is C23H26N2O3. The Morgan fingerprint density at radius 1 is 1.07 bits per heavy atom. The summed E-state index contributed by atoms with van der Waals surface area (Å²) in [6.45, 7) is 7.33. The number of rotatable bonds is 6. The molecule has 0 atom stereocenters. The molecule has 28 heavy (non-hydrogen) atoms. The van der Waals surface area contributed by atoms with Crippen LogP contribution in [0.3, 0.4) is 0 Å². The number of carbonyl (C=O) groups excluding carboxylic acids is 3. The van der Waals surface area contributed by atoms with Gasteiger partial charge in [0.05, 0.1) is 0 Å². The van der Waals surface area contributed by atoms with Gasteiger partial charge in [0.1, 0.15) is 0 Å². The van der Waals surface area contributed by atoms with Gasteiger partial charge in [0.25, 0.3) is 5.91 Å². The summed E-state index contributed by atoms with van der Waals surface area (Å²) in [5, 5.41) is 2.81. The summed E-state index contributed by atoms with van der Waals surface area (Å²) >= 11 is 0. The first-order valence-electron chi connectivity index (χ1n) is 9.56. The summed E-state index contributed by atoms with van der Waals surface area (Å²) in [6.07, 6.45) is 1.81. The van der Waals surface area contributed by atoms with Crippen molar-refractivity contribution < 1.29 is 14.4 Å². The average molecular weight is 378 g/mol. The molecule has 1 N–H and O–H groups in total. The third kappa shape index (κ3) is 4.30. The Hall–Kier alpha value is -2.95. The quantitative estimate of drug-likeness (QED) is 0.618. The van der Waals surface area contributed by atoms with E-state index >= 15 is 0 Å². The topological polar surface area (TPSA) is 66.5 Å². The molecule has 1 aliphatic rings. The Morgan fingerprint density at radius 3 is 2.39 bits per heavy atom. The Balaban J connectivity index is 1.54. The van der Waals surface area contributed by atoms with E-state index in [1.807, 2.05) is 36.4 Å². The Bertz CT molecular complexity index is 895. The van der Waals surface area contributed by atoms with Crippen LogP contribution in [0.2, 0.25) is 0 Å². The van der Waals surface area contributed by atoms with Crippen LogP contribution in [0, 0.1) is 0 Å². The number of carbonyl (C=O) groups is 3. The number of benzene rings is 2. The fourth-order valence-corrected chi connectivity index (χ4v) is 3.37. The van der Waals surface area contributed by atoms with E-state index in [0.717, 1.165) is 24.1 Å². The molecule has 3 rings (SSSR count). The Kier molecular flexibility index (Phi) is 5.63. The Labute approximate surface area is 165 Å². The second kappa shape index (κ2) is 7.97. The van der Waals surface area contributed by atoms with Gasteiger partial charge in [-0.15, -0.1) is 0 Å². The van der Waals surface area contributed by atoms with Crippen LogP contribution in [0.25, 0.3) is 0 Å². The first-order valence-corrected chi connectivity index (χ1v) is 9.56. The van der Waals surface area contributed by atoms with Gasteiger partial charge in [0.15, 0.2) is 5.78 Å². The van der Waals surface area contributed by atoms with Crippen LogP contribution >= 0.6 is 0 Å². The molecule has 1 heterocycles. The molecule has 0 saturated heterocycles. The summed E-state index contributed by atoms with van der Waals surface area (Å²) in [5.74, 6) is -0.195. The molecule has 2 aromatic rings. The minimum absolute atomic E-state index is 0.0178. The van der Waals surface area contributed by atoms with E-state index in [1.165, 1.54) is 5.56 Å². The molecule has 0 fully saturated rings. The lowest BCUT2D eigenvalue weighted by Crippen LogP contribution is -2.26. The van der Waals surface area contributed by atoms with E-state index in [0.29, 0.717) is 17.7 Å². The lowest BCUT2D eigenvalue weighted by Gasteiger charge is -2.19. The van der Waals surface area contributed by atoms with Crippen molar-refractivity contribution in [1.29, 1.82) is 0 Å². The monoisotopic (exact) mass is 378 g/mol. The predicted octanol–water partition coefficient (Wildman–Crippen LogP) is 3.51. The lowest BCUT2D eigenvalue weighted by atomic mass is 9.87. The van der Waals surface area contributed by atoms with Crippen molar-refractivity contribution >= 4 is 23.8 Å². The molecule has 0 aliphatic carbocycles. The number of Topliss-reactive ketones (excluding diaryl/α,β-unsaturated/α-hetero) is 1. The number of amides is 2. The van der Waals surface area contributed by atoms with Crippen LogP contribution in [0.5, 0.6) is 0 Å². The third-order valence-electron chi connectivity index (χ3n) is 5.11. The molecule has 1 aliphatic heterocycles. The molecule has 5 nitrogen and oxygen atoms in total. The van der Waals surface area contributed by atoms with Crippen LogP contribution in [0.15, 0.2) is 42.5 Å². The van der Waals surface area contributed by atoms with E-state index in [2.05, 4.69) is 26.1 Å². The van der Waals surface area contributed by atoms with Gasteiger partial charge in [-0.25, -0.2) is 0 Å². The van der Waals surface area contributed by atoms with Gasteiger partial charge in [-0.05, 0) is 53.3 Å². The van der Waals surface area contributed by atoms with E-state index < -0.39 is 0 Å². The molecule has 0 bridgehead atoms. The van der Waals surface area contributed by atoms with Crippen molar-refractivity contribution in [3.63, 3.8) is 0 Å².